The molecular weight excluding hydrogens is 664 g/mol. The maximum Gasteiger partial charge on any atom is 0.264 e. The van der Waals surface area contributed by atoms with Crippen LogP contribution in [-0.4, -0.2) is 50.9 Å². The molecule has 4 aromatic rings. The van der Waals surface area contributed by atoms with Crippen molar-refractivity contribution < 1.29 is 27.1 Å². The van der Waals surface area contributed by atoms with E-state index in [4.69, 9.17) is 27.9 Å². The van der Waals surface area contributed by atoms with Gasteiger partial charge in [0.25, 0.3) is 10.0 Å². The van der Waals surface area contributed by atoms with E-state index in [-0.39, 0.29) is 28.6 Å². The van der Waals surface area contributed by atoms with Gasteiger partial charge in [-0.15, -0.1) is 0 Å². The molecule has 2 amide bonds. The highest BCUT2D eigenvalue weighted by molar-refractivity contribution is 7.92. The Balaban J connectivity index is 1.81. The average Bonchev–Trinajstić information content (AvgIpc) is 3.06. The summed E-state index contributed by atoms with van der Waals surface area (Å²) in [5.41, 5.74) is 1.48. The van der Waals surface area contributed by atoms with Crippen LogP contribution in [0.3, 0.4) is 0 Å². The Labute approximate surface area is 285 Å². The fourth-order valence-corrected chi connectivity index (χ4v) is 6.77. The van der Waals surface area contributed by atoms with Crippen LogP contribution < -0.4 is 14.4 Å². The van der Waals surface area contributed by atoms with Gasteiger partial charge in [0.1, 0.15) is 24.2 Å². The van der Waals surface area contributed by atoms with Crippen LogP contribution in [0.25, 0.3) is 0 Å². The molecule has 0 aliphatic carbocycles. The Morgan fingerprint density at radius 3 is 2.21 bits per heavy atom. The largest absolute Gasteiger partial charge is 0.494 e. The van der Waals surface area contributed by atoms with Crippen LogP contribution in [0.1, 0.15) is 31.4 Å². The molecule has 12 heteroatoms. The zero-order valence-electron chi connectivity index (χ0n) is 26.0. The van der Waals surface area contributed by atoms with Gasteiger partial charge >= 0.3 is 0 Å². The molecule has 0 saturated heterocycles. The van der Waals surface area contributed by atoms with E-state index in [2.05, 4.69) is 5.32 Å². The van der Waals surface area contributed by atoms with Crippen molar-refractivity contribution in [3.63, 3.8) is 0 Å². The third-order valence-electron chi connectivity index (χ3n) is 7.29. The van der Waals surface area contributed by atoms with E-state index < -0.39 is 40.2 Å². The maximum atomic E-state index is 14.5. The summed E-state index contributed by atoms with van der Waals surface area (Å²) in [6.45, 7) is 3.73. The van der Waals surface area contributed by atoms with Crippen molar-refractivity contribution in [3.8, 4) is 5.75 Å². The van der Waals surface area contributed by atoms with Gasteiger partial charge in [-0.25, -0.2) is 12.8 Å². The topological polar surface area (TPSA) is 96.0 Å². The van der Waals surface area contributed by atoms with Crippen molar-refractivity contribution in [2.45, 2.75) is 44.2 Å². The number of benzene rings is 4. The van der Waals surface area contributed by atoms with Gasteiger partial charge in [-0.2, -0.15) is 0 Å². The number of carbonyl (C=O) groups excluding carboxylic acids is 2. The van der Waals surface area contributed by atoms with Crippen LogP contribution in [-0.2, 0) is 32.6 Å². The molecule has 4 aromatic carbocycles. The lowest BCUT2D eigenvalue weighted by atomic mass is 10.0. The van der Waals surface area contributed by atoms with Crippen molar-refractivity contribution in [2.75, 3.05) is 24.0 Å². The molecule has 4 rings (SSSR count). The number of halogens is 3. The number of carbonyl (C=O) groups is 2. The summed E-state index contributed by atoms with van der Waals surface area (Å²) in [7, 11) is -4.40. The van der Waals surface area contributed by atoms with E-state index in [0.29, 0.717) is 35.9 Å². The summed E-state index contributed by atoms with van der Waals surface area (Å²) >= 11 is 12.7. The lowest BCUT2D eigenvalue weighted by molar-refractivity contribution is -0.140. The molecule has 0 aliphatic rings. The van der Waals surface area contributed by atoms with E-state index in [1.807, 2.05) is 44.2 Å². The first-order valence-electron chi connectivity index (χ1n) is 15.1. The van der Waals surface area contributed by atoms with Crippen LogP contribution in [0, 0.1) is 5.82 Å². The maximum absolute atomic E-state index is 14.5. The van der Waals surface area contributed by atoms with Crippen molar-refractivity contribution in [3.05, 3.63) is 124 Å². The van der Waals surface area contributed by atoms with E-state index in [1.54, 1.807) is 24.3 Å². The molecule has 1 atom stereocenters. The summed E-state index contributed by atoms with van der Waals surface area (Å²) in [6, 6.07) is 23.6. The van der Waals surface area contributed by atoms with Gasteiger partial charge in [0.2, 0.25) is 11.8 Å². The number of sulfonamides is 1. The summed E-state index contributed by atoms with van der Waals surface area (Å²) in [5.74, 6) is -1.16. The van der Waals surface area contributed by atoms with Crippen LogP contribution in [0.15, 0.2) is 102 Å². The van der Waals surface area contributed by atoms with Gasteiger partial charge in [-0.3, -0.25) is 13.9 Å². The van der Waals surface area contributed by atoms with Crippen molar-refractivity contribution in [1.82, 2.24) is 10.2 Å². The number of nitrogens with zero attached hydrogens (tertiary/aromatic N) is 2. The Morgan fingerprint density at radius 1 is 0.915 bits per heavy atom. The average molecular weight is 701 g/mol. The molecule has 0 fully saturated rings. The minimum Gasteiger partial charge on any atom is -0.494 e. The van der Waals surface area contributed by atoms with E-state index in [9.17, 15) is 22.4 Å². The smallest absolute Gasteiger partial charge is 0.264 e. The van der Waals surface area contributed by atoms with Gasteiger partial charge in [0.05, 0.1) is 17.2 Å². The van der Waals surface area contributed by atoms with Crippen molar-refractivity contribution in [2.24, 2.45) is 0 Å². The number of anilines is 1. The highest BCUT2D eigenvalue weighted by Crippen LogP contribution is 2.28. The predicted molar refractivity (Wildman–Crippen MR) is 183 cm³/mol. The standard InChI is InChI=1S/C35H36Cl2FN3O5S/c1-3-20-39-35(43)33(21-25-8-6-5-7-9-25)40(23-26-10-11-27(36)22-32(26)37)34(42)24-41(29-14-16-30(17-15-29)46-4-2)47(44,45)31-18-12-28(38)13-19-31/h5-19,22,33H,3-4,20-21,23-24H2,1-2H3,(H,39,43)/t33-/m1/s1. The van der Waals surface area contributed by atoms with Gasteiger partial charge in [0, 0.05) is 29.6 Å². The predicted octanol–water partition coefficient (Wildman–Crippen LogP) is 6.89. The Hall–Kier alpha value is -4.12. The summed E-state index contributed by atoms with van der Waals surface area (Å²) in [6.07, 6.45) is 0.823. The Bertz CT molecular complexity index is 1760. The first-order chi connectivity index (χ1) is 22.5. The molecule has 0 radical (unpaired) electrons. The molecule has 1 N–H and O–H groups in total. The third kappa shape index (κ3) is 9.47. The molecule has 47 heavy (non-hydrogen) atoms. The molecular formula is C35H36Cl2FN3O5S. The molecule has 0 bridgehead atoms. The van der Waals surface area contributed by atoms with Crippen LogP contribution >= 0.6 is 23.2 Å². The number of ether oxygens (including phenoxy) is 1. The highest BCUT2D eigenvalue weighted by atomic mass is 35.5. The van der Waals surface area contributed by atoms with Crippen LogP contribution in [0.5, 0.6) is 5.75 Å². The number of hydrogen-bond acceptors (Lipinski definition) is 5. The third-order valence-corrected chi connectivity index (χ3v) is 9.67. The number of rotatable bonds is 15. The second-order valence-corrected chi connectivity index (χ2v) is 13.4. The molecule has 0 spiro atoms. The van der Waals surface area contributed by atoms with Crippen molar-refractivity contribution >= 4 is 50.7 Å². The second kappa shape index (κ2) is 16.6. The fraction of sp³-hybridized carbons (Fsp3) is 0.257. The minimum absolute atomic E-state index is 0.112. The van der Waals surface area contributed by atoms with Crippen LogP contribution in [0.4, 0.5) is 10.1 Å². The SMILES string of the molecule is CCCNC(=O)[C@@H](Cc1ccccc1)N(Cc1ccc(Cl)cc1Cl)C(=O)CN(c1ccc(OCC)cc1)S(=O)(=O)c1ccc(F)cc1. The first kappa shape index (κ1) is 35.7. The van der Waals surface area contributed by atoms with E-state index in [0.717, 1.165) is 34.1 Å². The molecule has 0 heterocycles. The molecule has 0 unspecified atom stereocenters. The summed E-state index contributed by atoms with van der Waals surface area (Å²) in [5, 5.41) is 3.57. The van der Waals surface area contributed by atoms with Crippen LogP contribution in [0.2, 0.25) is 10.0 Å². The zero-order chi connectivity index (χ0) is 34.0. The molecule has 0 saturated carbocycles. The normalized spacial score (nSPS) is 11.9. The van der Waals surface area contributed by atoms with Gasteiger partial charge in [0.15, 0.2) is 0 Å². The molecule has 248 valence electrons. The quantitative estimate of drug-likeness (QED) is 0.146. The summed E-state index contributed by atoms with van der Waals surface area (Å²) in [4.78, 5) is 29.4. The minimum atomic E-state index is -4.40. The monoisotopic (exact) mass is 699 g/mol. The van der Waals surface area contributed by atoms with E-state index in [1.165, 1.54) is 23.1 Å². The summed E-state index contributed by atoms with van der Waals surface area (Å²) < 4.78 is 48.4. The number of hydrogen-bond donors (Lipinski definition) is 1. The number of nitrogens with one attached hydrogen (secondary N) is 1. The first-order valence-corrected chi connectivity index (χ1v) is 17.3. The fourth-order valence-electron chi connectivity index (χ4n) is 4.89. The van der Waals surface area contributed by atoms with Crippen molar-refractivity contribution in [1.29, 1.82) is 0 Å². The van der Waals surface area contributed by atoms with Gasteiger partial charge < -0.3 is 15.0 Å². The lowest BCUT2D eigenvalue weighted by Gasteiger charge is -2.34. The molecule has 8 nitrogen and oxygen atoms in total. The van der Waals surface area contributed by atoms with E-state index >= 15 is 0 Å². The Kier molecular flexibility index (Phi) is 12.6. The van der Waals surface area contributed by atoms with Gasteiger partial charge in [-0.05, 0) is 85.1 Å². The molecule has 0 aromatic heterocycles. The highest BCUT2D eigenvalue weighted by Gasteiger charge is 2.35. The second-order valence-electron chi connectivity index (χ2n) is 10.6. The lowest BCUT2D eigenvalue weighted by Crippen LogP contribution is -2.53. The van der Waals surface area contributed by atoms with Gasteiger partial charge in [-0.1, -0.05) is 66.5 Å². The number of amides is 2. The Morgan fingerprint density at radius 2 is 1.60 bits per heavy atom. The molecule has 0 aliphatic heterocycles. The zero-order valence-corrected chi connectivity index (χ0v) is 28.4.